The maximum Gasteiger partial charge on any atom is 0.328 e. The minimum absolute atomic E-state index is 0.0843. The smallest absolute Gasteiger partial charge is 0.328 e. The van der Waals surface area contributed by atoms with Crippen LogP contribution in [0.5, 0.6) is 0 Å². The Morgan fingerprint density at radius 2 is 1.84 bits per heavy atom. The van der Waals surface area contributed by atoms with Gasteiger partial charge in [-0.25, -0.2) is 13.2 Å². The number of amides is 1. The molecule has 0 spiro atoms. The van der Waals surface area contributed by atoms with Crippen molar-refractivity contribution in [2.75, 3.05) is 19.1 Å². The lowest BCUT2D eigenvalue weighted by Gasteiger charge is -2.20. The Morgan fingerprint density at radius 3 is 2.36 bits per heavy atom. The molecule has 0 aliphatic carbocycles. The maximum absolute atomic E-state index is 12.5. The average molecular weight is 389 g/mol. The molecule has 7 nitrogen and oxygen atoms in total. The van der Waals surface area contributed by atoms with Crippen molar-refractivity contribution in [2.24, 2.45) is 0 Å². The summed E-state index contributed by atoms with van der Waals surface area (Å²) in [6.45, 7) is 3.33. The Bertz CT molecular complexity index is 689. The van der Waals surface area contributed by atoms with Gasteiger partial charge >= 0.3 is 5.97 Å². The van der Waals surface area contributed by atoms with E-state index >= 15 is 0 Å². The molecule has 0 aliphatic heterocycles. The highest BCUT2D eigenvalue weighted by molar-refractivity contribution is 7.98. The molecule has 1 aromatic carbocycles. The van der Waals surface area contributed by atoms with Gasteiger partial charge in [-0.15, -0.1) is 0 Å². The maximum atomic E-state index is 12.5. The molecule has 0 saturated heterocycles. The molecule has 0 aliphatic rings. The molecule has 1 rings (SSSR count). The van der Waals surface area contributed by atoms with E-state index in [1.165, 1.54) is 37.9 Å². The van der Waals surface area contributed by atoms with E-state index in [1.54, 1.807) is 12.1 Å². The van der Waals surface area contributed by atoms with Crippen LogP contribution in [0.2, 0.25) is 0 Å². The number of rotatable bonds is 9. The zero-order valence-corrected chi connectivity index (χ0v) is 16.4. The predicted molar refractivity (Wildman–Crippen MR) is 97.9 cm³/mol. The van der Waals surface area contributed by atoms with Crippen molar-refractivity contribution >= 4 is 33.7 Å². The Hall–Kier alpha value is -1.58. The van der Waals surface area contributed by atoms with Gasteiger partial charge in [-0.1, -0.05) is 17.7 Å². The summed E-state index contributed by atoms with van der Waals surface area (Å²) in [5, 5.41) is 2.47. The molecule has 0 saturated carbocycles. The summed E-state index contributed by atoms with van der Waals surface area (Å²) in [4.78, 5) is 23.9. The number of hydrogen-bond acceptors (Lipinski definition) is 6. The predicted octanol–water partition coefficient (Wildman–Crippen LogP) is 1.07. The van der Waals surface area contributed by atoms with Crippen LogP contribution < -0.4 is 10.0 Å². The first-order chi connectivity index (χ1) is 11.7. The van der Waals surface area contributed by atoms with Crippen LogP contribution in [0.15, 0.2) is 29.2 Å². The number of aryl methyl sites for hydroxylation is 1. The fourth-order valence-electron chi connectivity index (χ4n) is 2.00. The molecule has 0 aromatic heterocycles. The lowest BCUT2D eigenvalue weighted by Crippen LogP contribution is -2.51. The normalized spacial score (nSPS) is 13.8. The standard InChI is InChI=1S/C16H24N2O5S2/c1-11-5-7-13(8-6-11)25(21,22)18-14(9-10-24-4)15(19)17-12(2)16(20)23-3/h5-8,12,14,18H,9-10H2,1-4H3,(H,17,19)/t12-,14-/m0/s1. The van der Waals surface area contributed by atoms with Crippen LogP contribution in [0.1, 0.15) is 18.9 Å². The quantitative estimate of drug-likeness (QED) is 0.614. The van der Waals surface area contributed by atoms with Gasteiger partial charge in [0, 0.05) is 0 Å². The van der Waals surface area contributed by atoms with Gasteiger partial charge in [-0.2, -0.15) is 16.5 Å². The number of hydrogen-bond donors (Lipinski definition) is 2. The summed E-state index contributed by atoms with van der Waals surface area (Å²) in [6, 6.07) is 4.50. The number of thioether (sulfide) groups is 1. The highest BCUT2D eigenvalue weighted by Crippen LogP contribution is 2.12. The van der Waals surface area contributed by atoms with Gasteiger partial charge in [0.05, 0.1) is 12.0 Å². The van der Waals surface area contributed by atoms with Crippen molar-refractivity contribution in [2.45, 2.75) is 37.2 Å². The minimum Gasteiger partial charge on any atom is -0.467 e. The third kappa shape index (κ3) is 6.68. The largest absolute Gasteiger partial charge is 0.467 e. The van der Waals surface area contributed by atoms with Crippen molar-refractivity contribution in [1.29, 1.82) is 0 Å². The molecule has 0 unspecified atom stereocenters. The lowest BCUT2D eigenvalue weighted by atomic mass is 10.2. The van der Waals surface area contributed by atoms with Crippen LogP contribution in [0.3, 0.4) is 0 Å². The van der Waals surface area contributed by atoms with Crippen LogP contribution in [0.25, 0.3) is 0 Å². The first-order valence-corrected chi connectivity index (χ1v) is 10.5. The number of carbonyl (C=O) groups is 2. The molecular weight excluding hydrogens is 364 g/mol. The van der Waals surface area contributed by atoms with E-state index in [4.69, 9.17) is 0 Å². The number of sulfonamides is 1. The van der Waals surface area contributed by atoms with Crippen molar-refractivity contribution in [3.05, 3.63) is 29.8 Å². The molecule has 2 N–H and O–H groups in total. The van der Waals surface area contributed by atoms with Gasteiger partial charge in [-0.3, -0.25) is 4.79 Å². The van der Waals surface area contributed by atoms with Gasteiger partial charge in [-0.05, 0) is 44.4 Å². The zero-order valence-electron chi connectivity index (χ0n) is 14.7. The first-order valence-electron chi connectivity index (χ1n) is 7.67. The molecule has 1 aromatic rings. The number of ether oxygens (including phenoxy) is 1. The van der Waals surface area contributed by atoms with Crippen LogP contribution >= 0.6 is 11.8 Å². The van der Waals surface area contributed by atoms with Crippen LogP contribution in [-0.2, 0) is 24.3 Å². The molecule has 0 heterocycles. The van der Waals surface area contributed by atoms with Crippen LogP contribution in [-0.4, -0.2) is 51.5 Å². The van der Waals surface area contributed by atoms with E-state index in [9.17, 15) is 18.0 Å². The van der Waals surface area contributed by atoms with E-state index < -0.39 is 34.0 Å². The summed E-state index contributed by atoms with van der Waals surface area (Å²) in [7, 11) is -2.63. The summed E-state index contributed by atoms with van der Waals surface area (Å²) < 4.78 is 32.0. The van der Waals surface area contributed by atoms with Crippen molar-refractivity contribution in [1.82, 2.24) is 10.0 Å². The number of benzene rings is 1. The van der Waals surface area contributed by atoms with Crippen LogP contribution in [0.4, 0.5) is 0 Å². The average Bonchev–Trinajstić information content (AvgIpc) is 2.57. The van der Waals surface area contributed by atoms with Crippen LogP contribution in [0, 0.1) is 6.92 Å². The lowest BCUT2D eigenvalue weighted by molar-refractivity contribution is -0.144. The summed E-state index contributed by atoms with van der Waals surface area (Å²) >= 11 is 1.49. The molecular formula is C16H24N2O5S2. The number of esters is 1. The highest BCUT2D eigenvalue weighted by Gasteiger charge is 2.27. The van der Waals surface area contributed by atoms with Crippen molar-refractivity contribution < 1.29 is 22.7 Å². The monoisotopic (exact) mass is 388 g/mol. The summed E-state index contributed by atoms with van der Waals surface area (Å²) in [5.41, 5.74) is 0.933. The number of carbonyl (C=O) groups excluding carboxylic acids is 2. The van der Waals surface area contributed by atoms with Gasteiger partial charge < -0.3 is 10.1 Å². The fraction of sp³-hybridized carbons (Fsp3) is 0.500. The Kier molecular flexibility index (Phi) is 8.40. The number of nitrogens with one attached hydrogen (secondary N) is 2. The molecule has 9 heteroatoms. The van der Waals surface area contributed by atoms with E-state index in [0.717, 1.165) is 5.56 Å². The third-order valence-corrected chi connectivity index (χ3v) is 5.60. The van der Waals surface area contributed by atoms with Gasteiger partial charge in [0.1, 0.15) is 12.1 Å². The number of methoxy groups -OCH3 is 1. The Labute approximate surface area is 153 Å². The van der Waals surface area contributed by atoms with Crippen molar-refractivity contribution in [3.8, 4) is 0 Å². The fourth-order valence-corrected chi connectivity index (χ4v) is 3.70. The van der Waals surface area contributed by atoms with E-state index in [-0.39, 0.29) is 4.90 Å². The molecule has 1 amide bonds. The van der Waals surface area contributed by atoms with Gasteiger partial charge in [0.15, 0.2) is 0 Å². The molecule has 0 fully saturated rings. The summed E-state index contributed by atoms with van der Waals surface area (Å²) in [6.07, 6.45) is 2.16. The van der Waals surface area contributed by atoms with Crippen molar-refractivity contribution in [3.63, 3.8) is 0 Å². The zero-order chi connectivity index (χ0) is 19.0. The molecule has 2 atom stereocenters. The van der Waals surface area contributed by atoms with E-state index in [1.807, 2.05) is 13.2 Å². The van der Waals surface area contributed by atoms with E-state index in [0.29, 0.717) is 12.2 Å². The molecule has 140 valence electrons. The highest BCUT2D eigenvalue weighted by atomic mass is 32.2. The van der Waals surface area contributed by atoms with E-state index in [2.05, 4.69) is 14.8 Å². The second-order valence-corrected chi connectivity index (χ2v) is 8.22. The SMILES string of the molecule is COC(=O)[C@H](C)NC(=O)[C@H](CCSC)NS(=O)(=O)c1ccc(C)cc1. The van der Waals surface area contributed by atoms with Gasteiger partial charge in [0.2, 0.25) is 15.9 Å². The first kappa shape index (κ1) is 21.5. The molecule has 0 bridgehead atoms. The topological polar surface area (TPSA) is 102 Å². The Balaban J connectivity index is 2.92. The molecule has 0 radical (unpaired) electrons. The Morgan fingerprint density at radius 1 is 1.24 bits per heavy atom. The second-order valence-electron chi connectivity index (χ2n) is 5.52. The molecule has 25 heavy (non-hydrogen) atoms. The summed E-state index contributed by atoms with van der Waals surface area (Å²) in [5.74, 6) is -0.581. The minimum atomic E-state index is -3.85. The van der Waals surface area contributed by atoms with Gasteiger partial charge in [0.25, 0.3) is 0 Å². The third-order valence-electron chi connectivity index (χ3n) is 3.47. The second kappa shape index (κ2) is 9.79.